The third-order valence-corrected chi connectivity index (χ3v) is 3.42. The number of hydrogen-bond acceptors (Lipinski definition) is 4. The van der Waals surface area contributed by atoms with Gasteiger partial charge in [0.15, 0.2) is 12.3 Å². The van der Waals surface area contributed by atoms with Gasteiger partial charge < -0.3 is 10.3 Å². The van der Waals surface area contributed by atoms with Crippen molar-refractivity contribution in [1.29, 1.82) is 5.26 Å². The highest BCUT2D eigenvalue weighted by molar-refractivity contribution is 7.93. The molecule has 0 bridgehead atoms. The van der Waals surface area contributed by atoms with Gasteiger partial charge in [0.05, 0.1) is 12.2 Å². The van der Waals surface area contributed by atoms with Gasteiger partial charge in [-0.05, 0) is 19.0 Å². The zero-order valence-corrected chi connectivity index (χ0v) is 11.3. The number of rotatable bonds is 6. The molecule has 0 radical (unpaired) electrons. The van der Waals surface area contributed by atoms with Crippen LogP contribution < -0.4 is 10.9 Å². The van der Waals surface area contributed by atoms with Crippen LogP contribution in [0.15, 0.2) is 17.1 Å². The fourth-order valence-corrected chi connectivity index (χ4v) is 2.41. The van der Waals surface area contributed by atoms with Crippen LogP contribution in [0.4, 0.5) is 8.28 Å². The molecule has 5 nitrogen and oxygen atoms in total. The van der Waals surface area contributed by atoms with Gasteiger partial charge in [-0.15, -0.1) is 3.89 Å². The number of aromatic nitrogens is 2. The van der Waals surface area contributed by atoms with Gasteiger partial charge in [0, 0.05) is 23.8 Å². The molecule has 2 rings (SSSR count). The Morgan fingerprint density at radius 2 is 2.35 bits per heavy atom. The monoisotopic (exact) mass is 298 g/mol. The molecule has 20 heavy (non-hydrogen) atoms. The highest BCUT2D eigenvalue weighted by Crippen LogP contribution is 2.25. The van der Waals surface area contributed by atoms with Gasteiger partial charge in [0.1, 0.15) is 11.6 Å². The molecule has 0 aliphatic heterocycles. The van der Waals surface area contributed by atoms with Crippen LogP contribution in [0.25, 0.3) is 10.9 Å². The summed E-state index contributed by atoms with van der Waals surface area (Å²) in [6, 6.07) is 3.55. The summed E-state index contributed by atoms with van der Waals surface area (Å²) >= 11 is -0.0981. The average molecular weight is 298 g/mol. The van der Waals surface area contributed by atoms with E-state index in [4.69, 9.17) is 5.26 Å². The van der Waals surface area contributed by atoms with Crippen molar-refractivity contribution < 1.29 is 8.28 Å². The van der Waals surface area contributed by atoms with E-state index >= 15 is 0 Å². The standard InChI is InChI=1S/C12H12F2N4OS/c13-2-1-3-16-7-9-4-10-8(5-15)6-17-12(19)11(10)18(9)20-14/h4,6,16H,1-3,7H2,(H,17,19). The molecule has 0 aromatic carbocycles. The number of fused-ring (bicyclic) bond motifs is 1. The lowest BCUT2D eigenvalue weighted by molar-refractivity contribution is 0.458. The number of nitrogens with one attached hydrogen (secondary N) is 2. The van der Waals surface area contributed by atoms with E-state index in [0.717, 1.165) is 3.97 Å². The second-order valence-electron chi connectivity index (χ2n) is 4.12. The lowest BCUT2D eigenvalue weighted by Gasteiger charge is -2.05. The molecule has 2 heterocycles. The molecule has 0 saturated carbocycles. The predicted octanol–water partition coefficient (Wildman–Crippen LogP) is 2.03. The fraction of sp³-hybridized carbons (Fsp3) is 0.333. The van der Waals surface area contributed by atoms with Crippen LogP contribution in [0.2, 0.25) is 0 Å². The number of H-pyrrole nitrogens is 1. The first-order valence-corrected chi connectivity index (χ1v) is 6.62. The molecular weight excluding hydrogens is 286 g/mol. The van der Waals surface area contributed by atoms with E-state index in [9.17, 15) is 13.1 Å². The lowest BCUT2D eigenvalue weighted by atomic mass is 10.2. The number of aromatic amines is 1. The third kappa shape index (κ3) is 2.69. The van der Waals surface area contributed by atoms with E-state index < -0.39 is 12.2 Å². The Hall–Kier alpha value is -1.85. The minimum atomic E-state index is -0.459. The van der Waals surface area contributed by atoms with Gasteiger partial charge in [-0.2, -0.15) is 5.26 Å². The number of pyridine rings is 1. The van der Waals surface area contributed by atoms with E-state index in [0.29, 0.717) is 24.0 Å². The van der Waals surface area contributed by atoms with Crippen molar-refractivity contribution in [1.82, 2.24) is 14.3 Å². The maximum absolute atomic E-state index is 13.1. The molecule has 0 aliphatic carbocycles. The summed E-state index contributed by atoms with van der Waals surface area (Å²) in [6.07, 6.45) is 1.67. The van der Waals surface area contributed by atoms with E-state index in [-0.39, 0.29) is 30.0 Å². The normalized spacial score (nSPS) is 10.8. The van der Waals surface area contributed by atoms with Gasteiger partial charge >= 0.3 is 0 Å². The van der Waals surface area contributed by atoms with Crippen LogP contribution in [0, 0.1) is 11.3 Å². The Morgan fingerprint density at radius 1 is 1.55 bits per heavy atom. The molecule has 2 aromatic rings. The quantitative estimate of drug-likeness (QED) is 0.800. The number of alkyl halides is 1. The molecule has 2 aromatic heterocycles. The van der Waals surface area contributed by atoms with Crippen molar-refractivity contribution in [2.75, 3.05) is 13.2 Å². The van der Waals surface area contributed by atoms with Crippen molar-refractivity contribution in [2.24, 2.45) is 0 Å². The Labute approximate surface area is 118 Å². The predicted molar refractivity (Wildman–Crippen MR) is 73.7 cm³/mol. The van der Waals surface area contributed by atoms with Crippen LogP contribution in [0.5, 0.6) is 0 Å². The molecular formula is C12H12F2N4OS. The highest BCUT2D eigenvalue weighted by atomic mass is 32.2. The number of nitrogens with zero attached hydrogens (tertiary/aromatic N) is 2. The first-order chi connectivity index (χ1) is 9.72. The zero-order valence-electron chi connectivity index (χ0n) is 10.4. The van der Waals surface area contributed by atoms with Crippen molar-refractivity contribution >= 4 is 23.2 Å². The van der Waals surface area contributed by atoms with E-state index in [1.165, 1.54) is 6.20 Å². The molecule has 0 fully saturated rings. The zero-order chi connectivity index (χ0) is 14.5. The summed E-state index contributed by atoms with van der Waals surface area (Å²) in [7, 11) is 0. The molecule has 0 amide bonds. The minimum Gasteiger partial charge on any atom is -0.326 e. The topological polar surface area (TPSA) is 73.6 Å². The summed E-state index contributed by atoms with van der Waals surface area (Å²) in [5.74, 6) is 0. The smallest absolute Gasteiger partial charge is 0.273 e. The Kier molecular flexibility index (Phi) is 4.76. The molecule has 8 heteroatoms. The summed E-state index contributed by atoms with van der Waals surface area (Å²) in [5, 5.41) is 12.4. The Morgan fingerprint density at radius 3 is 3.00 bits per heavy atom. The van der Waals surface area contributed by atoms with Crippen molar-refractivity contribution in [3.8, 4) is 6.07 Å². The second-order valence-corrected chi connectivity index (χ2v) is 4.63. The Bertz CT molecular complexity index is 704. The minimum absolute atomic E-state index is 0.0981. The first-order valence-electron chi connectivity index (χ1n) is 5.94. The molecule has 0 spiro atoms. The molecule has 0 unspecified atom stereocenters. The van der Waals surface area contributed by atoms with Gasteiger partial charge in [-0.1, -0.05) is 0 Å². The molecule has 0 atom stereocenters. The van der Waals surface area contributed by atoms with Crippen LogP contribution in [0.3, 0.4) is 0 Å². The average Bonchev–Trinajstić information content (AvgIpc) is 2.83. The summed E-state index contributed by atoms with van der Waals surface area (Å²) in [4.78, 5) is 14.2. The van der Waals surface area contributed by atoms with Crippen molar-refractivity contribution in [3.63, 3.8) is 0 Å². The van der Waals surface area contributed by atoms with Gasteiger partial charge in [-0.3, -0.25) is 13.2 Å². The lowest BCUT2D eigenvalue weighted by Crippen LogP contribution is -2.17. The number of nitriles is 1. The Balaban J connectivity index is 2.43. The van der Waals surface area contributed by atoms with Crippen molar-refractivity contribution in [2.45, 2.75) is 13.0 Å². The molecule has 0 saturated heterocycles. The largest absolute Gasteiger partial charge is 0.326 e. The van der Waals surface area contributed by atoms with E-state index in [2.05, 4.69) is 10.3 Å². The van der Waals surface area contributed by atoms with Crippen LogP contribution in [-0.2, 0) is 6.54 Å². The third-order valence-electron chi connectivity index (χ3n) is 2.87. The number of hydrogen-bond donors (Lipinski definition) is 2. The summed E-state index contributed by atoms with van der Waals surface area (Å²) < 4.78 is 26.2. The van der Waals surface area contributed by atoms with Gasteiger partial charge in [0.2, 0.25) is 0 Å². The molecule has 2 N–H and O–H groups in total. The highest BCUT2D eigenvalue weighted by Gasteiger charge is 2.15. The molecule has 106 valence electrons. The maximum Gasteiger partial charge on any atom is 0.273 e. The maximum atomic E-state index is 13.1. The van der Waals surface area contributed by atoms with Crippen molar-refractivity contribution in [3.05, 3.63) is 33.9 Å². The number of halogens is 2. The fourth-order valence-electron chi connectivity index (χ4n) is 1.95. The first kappa shape index (κ1) is 14.6. The van der Waals surface area contributed by atoms with Crippen LogP contribution in [-0.4, -0.2) is 22.2 Å². The SMILES string of the molecule is N#Cc1c[nH]c(=O)c2c1cc(CNCCCF)n2SF. The van der Waals surface area contributed by atoms with Gasteiger partial charge in [-0.25, -0.2) is 0 Å². The van der Waals surface area contributed by atoms with Crippen LogP contribution in [0.1, 0.15) is 17.7 Å². The summed E-state index contributed by atoms with van der Waals surface area (Å²) in [6.45, 7) is 0.318. The van der Waals surface area contributed by atoms with E-state index in [1.54, 1.807) is 6.07 Å². The van der Waals surface area contributed by atoms with Crippen LogP contribution >= 0.6 is 12.3 Å². The van der Waals surface area contributed by atoms with Gasteiger partial charge in [0.25, 0.3) is 5.56 Å². The second kappa shape index (κ2) is 6.54. The summed E-state index contributed by atoms with van der Waals surface area (Å²) in [5.41, 5.74) is 0.440. The van der Waals surface area contributed by atoms with E-state index in [1.807, 2.05) is 6.07 Å². The molecule has 0 aliphatic rings.